The van der Waals surface area contributed by atoms with Gasteiger partial charge in [0.15, 0.2) is 5.78 Å². The van der Waals surface area contributed by atoms with E-state index in [0.717, 1.165) is 22.8 Å². The Hall–Kier alpha value is -3.40. The number of fused-ring (bicyclic) bond motifs is 1. The molecular weight excluding hydrogens is 362 g/mol. The van der Waals surface area contributed by atoms with Crippen LogP contribution in [-0.4, -0.2) is 23.7 Å². The zero-order valence-corrected chi connectivity index (χ0v) is 16.4. The van der Waals surface area contributed by atoms with E-state index in [-0.39, 0.29) is 11.5 Å². The van der Waals surface area contributed by atoms with E-state index < -0.39 is 0 Å². The number of aliphatic imine (C=N–C) groups is 1. The Bertz CT molecular complexity index is 1120. The molecule has 146 valence electrons. The molecule has 1 N–H and O–H groups in total. The van der Waals surface area contributed by atoms with Crippen LogP contribution in [0.1, 0.15) is 24.8 Å². The van der Waals surface area contributed by atoms with E-state index >= 15 is 0 Å². The van der Waals surface area contributed by atoms with Gasteiger partial charge in [0.2, 0.25) is 0 Å². The van der Waals surface area contributed by atoms with Gasteiger partial charge < -0.3 is 9.84 Å². The summed E-state index contributed by atoms with van der Waals surface area (Å²) >= 11 is 0. The minimum atomic E-state index is -0.0531. The number of hydrogen-bond acceptors (Lipinski definition) is 4. The lowest BCUT2D eigenvalue weighted by atomic mass is 9.88. The van der Waals surface area contributed by atoms with Gasteiger partial charge in [0.1, 0.15) is 17.2 Å². The van der Waals surface area contributed by atoms with Gasteiger partial charge >= 0.3 is 0 Å². The van der Waals surface area contributed by atoms with Gasteiger partial charge in [-0.1, -0.05) is 54.6 Å². The van der Waals surface area contributed by atoms with Gasteiger partial charge in [0.25, 0.3) is 0 Å². The number of carbonyl (C=O) groups is 1. The zero-order valence-electron chi connectivity index (χ0n) is 16.4. The molecule has 0 bridgehead atoms. The maximum atomic E-state index is 12.7. The topological polar surface area (TPSA) is 58.9 Å². The van der Waals surface area contributed by atoms with Crippen molar-refractivity contribution < 1.29 is 14.6 Å². The van der Waals surface area contributed by atoms with Crippen molar-refractivity contribution in [3.63, 3.8) is 0 Å². The summed E-state index contributed by atoms with van der Waals surface area (Å²) in [5.74, 6) is 0.674. The number of Topliss-reactive ketones (excluding diaryl/α,β-unsaturated/α-hetero) is 1. The quantitative estimate of drug-likeness (QED) is 0.461. The zero-order chi connectivity index (χ0) is 20.2. The van der Waals surface area contributed by atoms with Crippen LogP contribution in [-0.2, 0) is 11.2 Å². The second kappa shape index (κ2) is 8.31. The Kier molecular flexibility index (Phi) is 5.43. The first-order valence-corrected chi connectivity index (χ1v) is 9.80. The molecule has 4 rings (SSSR count). The van der Waals surface area contributed by atoms with Crippen LogP contribution in [0.2, 0.25) is 0 Å². The molecule has 0 heterocycles. The van der Waals surface area contributed by atoms with Crippen LogP contribution in [0.4, 0.5) is 5.69 Å². The first-order chi connectivity index (χ1) is 14.2. The van der Waals surface area contributed by atoms with E-state index in [0.29, 0.717) is 42.0 Å². The van der Waals surface area contributed by atoms with Gasteiger partial charge in [0, 0.05) is 12.8 Å². The molecular formula is C25H23NO3. The highest BCUT2D eigenvalue weighted by Gasteiger charge is 2.26. The summed E-state index contributed by atoms with van der Waals surface area (Å²) in [6.07, 6.45) is 2.11. The Labute approximate surface area is 170 Å². The van der Waals surface area contributed by atoms with E-state index in [9.17, 15) is 9.90 Å². The molecule has 3 aromatic rings. The second-order valence-corrected chi connectivity index (χ2v) is 7.14. The number of para-hydroxylation sites is 2. The SMILES string of the molecule is COc1ccccc1N=C1CCCC(=O)C1=C(O)Cc1cccc2ccccc12. The van der Waals surface area contributed by atoms with Crippen molar-refractivity contribution in [2.24, 2.45) is 4.99 Å². The average Bonchev–Trinajstić information content (AvgIpc) is 2.74. The number of allylic oxidation sites excluding steroid dienone is 2. The Morgan fingerprint density at radius 1 is 1.00 bits per heavy atom. The Morgan fingerprint density at radius 2 is 1.76 bits per heavy atom. The molecule has 0 radical (unpaired) electrons. The summed E-state index contributed by atoms with van der Waals surface area (Å²) in [7, 11) is 1.60. The van der Waals surface area contributed by atoms with Crippen molar-refractivity contribution in [3.8, 4) is 5.75 Å². The van der Waals surface area contributed by atoms with Crippen molar-refractivity contribution >= 4 is 28.0 Å². The maximum Gasteiger partial charge on any atom is 0.168 e. The van der Waals surface area contributed by atoms with E-state index in [1.807, 2.05) is 66.7 Å². The van der Waals surface area contributed by atoms with E-state index in [2.05, 4.69) is 0 Å². The molecule has 4 heteroatoms. The Balaban J connectivity index is 1.77. The summed E-state index contributed by atoms with van der Waals surface area (Å²) in [5.41, 5.74) is 2.64. The standard InChI is InChI=1S/C25H23NO3/c1-29-24-15-5-4-12-20(24)26-21-13-7-14-22(27)25(21)23(28)16-18-10-6-9-17-8-2-3-11-19(17)18/h2-6,8-12,15,28H,7,13-14,16H2,1H3. The normalized spacial score (nSPS) is 17.6. The van der Waals surface area contributed by atoms with Gasteiger partial charge in [-0.25, -0.2) is 4.99 Å². The minimum absolute atomic E-state index is 0.0531. The number of aliphatic hydroxyl groups is 1. The number of nitrogens with zero attached hydrogens (tertiary/aromatic N) is 1. The molecule has 0 unspecified atom stereocenters. The van der Waals surface area contributed by atoms with Crippen LogP contribution >= 0.6 is 0 Å². The largest absolute Gasteiger partial charge is 0.511 e. The van der Waals surface area contributed by atoms with Crippen LogP contribution in [0.15, 0.2) is 83.1 Å². The number of methoxy groups -OCH3 is 1. The molecule has 0 saturated heterocycles. The fraction of sp³-hybridized carbons (Fsp3) is 0.200. The summed E-state index contributed by atoms with van der Waals surface area (Å²) in [5, 5.41) is 13.2. The third-order valence-corrected chi connectivity index (χ3v) is 5.25. The molecule has 0 aliphatic heterocycles. The number of ether oxygens (including phenoxy) is 1. The van der Waals surface area contributed by atoms with Crippen molar-refractivity contribution in [1.29, 1.82) is 0 Å². The number of aliphatic hydroxyl groups excluding tert-OH is 1. The van der Waals surface area contributed by atoms with Crippen LogP contribution in [0.25, 0.3) is 10.8 Å². The van der Waals surface area contributed by atoms with Crippen LogP contribution in [0, 0.1) is 0 Å². The third kappa shape index (κ3) is 3.92. The third-order valence-electron chi connectivity index (χ3n) is 5.25. The van der Waals surface area contributed by atoms with Crippen LogP contribution in [0.3, 0.4) is 0 Å². The highest BCUT2D eigenvalue weighted by molar-refractivity contribution is 6.24. The maximum absolute atomic E-state index is 12.7. The van der Waals surface area contributed by atoms with Crippen molar-refractivity contribution in [2.75, 3.05) is 7.11 Å². The smallest absolute Gasteiger partial charge is 0.168 e. The van der Waals surface area contributed by atoms with E-state index in [1.54, 1.807) is 7.11 Å². The van der Waals surface area contributed by atoms with Crippen molar-refractivity contribution in [1.82, 2.24) is 0 Å². The molecule has 1 fully saturated rings. The van der Waals surface area contributed by atoms with Gasteiger partial charge in [-0.15, -0.1) is 0 Å². The lowest BCUT2D eigenvalue weighted by molar-refractivity contribution is -0.115. The highest BCUT2D eigenvalue weighted by atomic mass is 16.5. The molecule has 1 aliphatic rings. The summed E-state index contributed by atoms with van der Waals surface area (Å²) in [6.45, 7) is 0. The van der Waals surface area contributed by atoms with Crippen LogP contribution in [0.5, 0.6) is 5.75 Å². The number of carbonyl (C=O) groups excluding carboxylic acids is 1. The van der Waals surface area contributed by atoms with E-state index in [4.69, 9.17) is 9.73 Å². The van der Waals surface area contributed by atoms with Gasteiger partial charge in [-0.3, -0.25) is 4.79 Å². The molecule has 0 amide bonds. The molecule has 0 aromatic heterocycles. The second-order valence-electron chi connectivity index (χ2n) is 7.14. The van der Waals surface area contributed by atoms with Gasteiger partial charge in [0.05, 0.1) is 18.4 Å². The van der Waals surface area contributed by atoms with Crippen molar-refractivity contribution in [3.05, 3.63) is 83.6 Å². The number of ketones is 1. The minimum Gasteiger partial charge on any atom is -0.511 e. The molecule has 1 aliphatic carbocycles. The summed E-state index contributed by atoms with van der Waals surface area (Å²) < 4.78 is 5.38. The molecule has 0 atom stereocenters. The first-order valence-electron chi connectivity index (χ1n) is 9.80. The number of hydrogen-bond donors (Lipinski definition) is 1. The fourth-order valence-corrected chi connectivity index (χ4v) is 3.85. The Morgan fingerprint density at radius 3 is 2.62 bits per heavy atom. The first kappa shape index (κ1) is 18.9. The highest BCUT2D eigenvalue weighted by Crippen LogP contribution is 2.31. The van der Waals surface area contributed by atoms with Gasteiger partial charge in [-0.2, -0.15) is 0 Å². The predicted molar refractivity (Wildman–Crippen MR) is 116 cm³/mol. The lowest BCUT2D eigenvalue weighted by Gasteiger charge is -2.18. The van der Waals surface area contributed by atoms with Gasteiger partial charge in [-0.05, 0) is 41.3 Å². The summed E-state index contributed by atoms with van der Waals surface area (Å²) in [4.78, 5) is 17.4. The van der Waals surface area contributed by atoms with Crippen LogP contribution < -0.4 is 4.74 Å². The molecule has 4 nitrogen and oxygen atoms in total. The molecule has 29 heavy (non-hydrogen) atoms. The predicted octanol–water partition coefficient (Wildman–Crippen LogP) is 5.73. The monoisotopic (exact) mass is 385 g/mol. The molecule has 3 aromatic carbocycles. The summed E-state index contributed by atoms with van der Waals surface area (Å²) in [6, 6.07) is 21.5. The van der Waals surface area contributed by atoms with Crippen molar-refractivity contribution in [2.45, 2.75) is 25.7 Å². The number of benzene rings is 3. The average molecular weight is 385 g/mol. The van der Waals surface area contributed by atoms with E-state index in [1.165, 1.54) is 0 Å². The lowest BCUT2D eigenvalue weighted by Crippen LogP contribution is -2.21. The molecule has 1 saturated carbocycles. The molecule has 0 spiro atoms. The number of rotatable bonds is 4. The fourth-order valence-electron chi connectivity index (χ4n) is 3.85.